The van der Waals surface area contributed by atoms with E-state index in [0.717, 1.165) is 25.2 Å². The molecule has 0 spiro atoms. The van der Waals surface area contributed by atoms with E-state index >= 15 is 0 Å². The summed E-state index contributed by atoms with van der Waals surface area (Å²) in [5, 5.41) is 7.72. The largest absolute Gasteiger partial charge is 0.352 e. The molecule has 1 aromatic rings. The first-order chi connectivity index (χ1) is 7.69. The molecule has 0 radical (unpaired) electrons. The fourth-order valence-electron chi connectivity index (χ4n) is 1.52. The molecule has 0 fully saturated rings. The van der Waals surface area contributed by atoms with Crippen LogP contribution in [0.2, 0.25) is 5.28 Å². The highest BCUT2D eigenvalue weighted by atomic mass is 35.5. The fraction of sp³-hybridized carbons (Fsp3) is 0.727. The summed E-state index contributed by atoms with van der Waals surface area (Å²) in [5.74, 6) is 0.822. The maximum absolute atomic E-state index is 5.76. The molecule has 1 unspecified atom stereocenters. The maximum Gasteiger partial charge on any atom is 0.244 e. The summed E-state index contributed by atoms with van der Waals surface area (Å²) >= 11 is 5.76. The molecule has 90 valence electrons. The Balaban J connectivity index is 2.82. The summed E-state index contributed by atoms with van der Waals surface area (Å²) in [6, 6.07) is 0.444. The van der Waals surface area contributed by atoms with Crippen LogP contribution in [0.5, 0.6) is 0 Å². The van der Waals surface area contributed by atoms with Crippen molar-refractivity contribution in [3.63, 3.8) is 0 Å². The molecule has 0 aliphatic heterocycles. The minimum absolute atomic E-state index is 0.210. The summed E-state index contributed by atoms with van der Waals surface area (Å²) < 4.78 is 0. The van der Waals surface area contributed by atoms with Crippen LogP contribution in [0.3, 0.4) is 0 Å². The van der Waals surface area contributed by atoms with Crippen LogP contribution in [-0.2, 0) is 0 Å². The number of anilines is 1. The van der Waals surface area contributed by atoms with Crippen molar-refractivity contribution in [2.45, 2.75) is 46.1 Å². The van der Waals surface area contributed by atoms with Gasteiger partial charge in [0.05, 0.1) is 6.20 Å². The smallest absolute Gasteiger partial charge is 0.244 e. The number of nitrogens with zero attached hydrogens (tertiary/aromatic N) is 4. The molecule has 1 rings (SSSR count). The van der Waals surface area contributed by atoms with Gasteiger partial charge in [0.25, 0.3) is 0 Å². The third-order valence-corrected chi connectivity index (χ3v) is 2.85. The minimum atomic E-state index is 0.210. The highest BCUT2D eigenvalue weighted by molar-refractivity contribution is 6.28. The maximum atomic E-state index is 5.76. The van der Waals surface area contributed by atoms with E-state index in [2.05, 4.69) is 40.9 Å². The van der Waals surface area contributed by atoms with Gasteiger partial charge in [0, 0.05) is 12.6 Å². The molecule has 0 aliphatic rings. The molecule has 1 heterocycles. The van der Waals surface area contributed by atoms with E-state index < -0.39 is 0 Å². The third-order valence-electron chi connectivity index (χ3n) is 2.69. The van der Waals surface area contributed by atoms with Crippen LogP contribution >= 0.6 is 11.6 Å². The molecule has 4 nitrogen and oxygen atoms in total. The molecule has 0 N–H and O–H groups in total. The molecular weight excluding hydrogens is 224 g/mol. The number of unbranched alkanes of at least 4 members (excludes halogenated alkanes) is 1. The van der Waals surface area contributed by atoms with Crippen molar-refractivity contribution in [1.29, 1.82) is 0 Å². The molecule has 0 aliphatic carbocycles. The molecule has 0 bridgehead atoms. The Morgan fingerprint density at radius 1 is 1.44 bits per heavy atom. The Morgan fingerprint density at radius 3 is 2.75 bits per heavy atom. The minimum Gasteiger partial charge on any atom is -0.352 e. The monoisotopic (exact) mass is 242 g/mol. The van der Waals surface area contributed by atoms with Crippen LogP contribution < -0.4 is 4.90 Å². The topological polar surface area (TPSA) is 41.9 Å². The number of halogens is 1. The SMILES string of the molecule is CCCCN(c1cnnc(Cl)n1)C(C)CC. The summed E-state index contributed by atoms with van der Waals surface area (Å²) in [5.41, 5.74) is 0. The Bertz CT molecular complexity index is 319. The third kappa shape index (κ3) is 3.59. The van der Waals surface area contributed by atoms with Gasteiger partial charge in [-0.2, -0.15) is 10.1 Å². The molecule has 5 heteroatoms. The van der Waals surface area contributed by atoms with Gasteiger partial charge in [0.2, 0.25) is 5.28 Å². The Kier molecular flexibility index (Phi) is 5.46. The van der Waals surface area contributed by atoms with Gasteiger partial charge < -0.3 is 4.90 Å². The predicted octanol–water partition coefficient (Wildman–Crippen LogP) is 2.93. The Hall–Kier alpha value is -0.900. The van der Waals surface area contributed by atoms with E-state index in [-0.39, 0.29) is 5.28 Å². The Morgan fingerprint density at radius 2 is 2.19 bits per heavy atom. The molecular formula is C11H19ClN4. The van der Waals surface area contributed by atoms with Crippen LogP contribution in [-0.4, -0.2) is 27.8 Å². The van der Waals surface area contributed by atoms with Crippen molar-refractivity contribution < 1.29 is 0 Å². The number of rotatable bonds is 6. The number of hydrogen-bond acceptors (Lipinski definition) is 4. The van der Waals surface area contributed by atoms with Crippen LogP contribution in [0.1, 0.15) is 40.0 Å². The van der Waals surface area contributed by atoms with Gasteiger partial charge in [-0.15, -0.1) is 5.10 Å². The zero-order valence-electron chi connectivity index (χ0n) is 10.1. The lowest BCUT2D eigenvalue weighted by atomic mass is 10.2. The first kappa shape index (κ1) is 13.2. The highest BCUT2D eigenvalue weighted by Gasteiger charge is 2.14. The standard InChI is InChI=1S/C11H19ClN4/c1-4-6-7-16(9(3)5-2)10-8-13-15-11(12)14-10/h8-9H,4-7H2,1-3H3. The predicted molar refractivity (Wildman–Crippen MR) is 66.8 cm³/mol. The summed E-state index contributed by atoms with van der Waals surface area (Å²) in [7, 11) is 0. The van der Waals surface area contributed by atoms with Crippen LogP contribution in [0.4, 0.5) is 5.82 Å². The Labute approximate surface area is 102 Å². The second kappa shape index (κ2) is 6.63. The zero-order valence-corrected chi connectivity index (χ0v) is 10.9. The second-order valence-corrected chi connectivity index (χ2v) is 4.23. The molecule has 1 aromatic heterocycles. The van der Waals surface area contributed by atoms with Crippen molar-refractivity contribution in [2.24, 2.45) is 0 Å². The average Bonchev–Trinajstić information content (AvgIpc) is 2.29. The quantitative estimate of drug-likeness (QED) is 0.769. The van der Waals surface area contributed by atoms with Crippen molar-refractivity contribution in [3.05, 3.63) is 11.5 Å². The lowest BCUT2D eigenvalue weighted by Crippen LogP contribution is -2.34. The number of aromatic nitrogens is 3. The van der Waals surface area contributed by atoms with E-state index in [0.29, 0.717) is 6.04 Å². The van der Waals surface area contributed by atoms with E-state index in [1.54, 1.807) is 6.20 Å². The summed E-state index contributed by atoms with van der Waals surface area (Å²) in [6.07, 6.45) is 5.06. The molecule has 1 atom stereocenters. The molecule has 0 saturated carbocycles. The van der Waals surface area contributed by atoms with Gasteiger partial charge in [0.15, 0.2) is 5.82 Å². The fourth-order valence-corrected chi connectivity index (χ4v) is 1.65. The molecule has 0 saturated heterocycles. The van der Waals surface area contributed by atoms with Gasteiger partial charge >= 0.3 is 0 Å². The van der Waals surface area contributed by atoms with Crippen molar-refractivity contribution in [3.8, 4) is 0 Å². The highest BCUT2D eigenvalue weighted by Crippen LogP contribution is 2.16. The van der Waals surface area contributed by atoms with Gasteiger partial charge in [-0.25, -0.2) is 0 Å². The van der Waals surface area contributed by atoms with Crippen molar-refractivity contribution in [1.82, 2.24) is 15.2 Å². The second-order valence-electron chi connectivity index (χ2n) is 3.89. The van der Waals surface area contributed by atoms with Crippen LogP contribution in [0, 0.1) is 0 Å². The van der Waals surface area contributed by atoms with E-state index in [1.165, 1.54) is 6.42 Å². The van der Waals surface area contributed by atoms with Crippen molar-refractivity contribution in [2.75, 3.05) is 11.4 Å². The van der Waals surface area contributed by atoms with Gasteiger partial charge in [0.1, 0.15) is 0 Å². The lowest BCUT2D eigenvalue weighted by molar-refractivity contribution is 0.587. The van der Waals surface area contributed by atoms with Gasteiger partial charge in [-0.3, -0.25) is 0 Å². The zero-order chi connectivity index (χ0) is 12.0. The average molecular weight is 243 g/mol. The first-order valence-electron chi connectivity index (χ1n) is 5.80. The lowest BCUT2D eigenvalue weighted by Gasteiger charge is -2.29. The van der Waals surface area contributed by atoms with Crippen LogP contribution in [0.15, 0.2) is 6.20 Å². The van der Waals surface area contributed by atoms with Gasteiger partial charge in [-0.1, -0.05) is 20.3 Å². The van der Waals surface area contributed by atoms with Crippen molar-refractivity contribution >= 4 is 17.4 Å². The molecule has 0 aromatic carbocycles. The number of hydrogen-bond donors (Lipinski definition) is 0. The van der Waals surface area contributed by atoms with E-state index in [4.69, 9.17) is 11.6 Å². The summed E-state index contributed by atoms with van der Waals surface area (Å²) in [4.78, 5) is 6.45. The van der Waals surface area contributed by atoms with Crippen LogP contribution in [0.25, 0.3) is 0 Å². The van der Waals surface area contributed by atoms with E-state index in [9.17, 15) is 0 Å². The molecule has 0 amide bonds. The van der Waals surface area contributed by atoms with Gasteiger partial charge in [-0.05, 0) is 31.4 Å². The normalized spacial score (nSPS) is 12.5. The molecule has 16 heavy (non-hydrogen) atoms. The van der Waals surface area contributed by atoms with E-state index in [1.807, 2.05) is 0 Å². The summed E-state index contributed by atoms with van der Waals surface area (Å²) in [6.45, 7) is 7.52. The first-order valence-corrected chi connectivity index (χ1v) is 6.18.